The van der Waals surface area contributed by atoms with E-state index in [9.17, 15) is 4.79 Å². The molecule has 16 heavy (non-hydrogen) atoms. The lowest BCUT2D eigenvalue weighted by atomic mass is 10.2. The van der Waals surface area contributed by atoms with Crippen LogP contribution in [0.25, 0.3) is 10.9 Å². The Morgan fingerprint density at radius 3 is 2.88 bits per heavy atom. The molecule has 1 N–H and O–H groups in total. The zero-order chi connectivity index (χ0) is 11.5. The zero-order valence-electron chi connectivity index (χ0n) is 9.40. The van der Waals surface area contributed by atoms with Crippen molar-refractivity contribution in [3.63, 3.8) is 0 Å². The van der Waals surface area contributed by atoms with Gasteiger partial charge in [0.05, 0.1) is 10.9 Å². The number of carbonyl (C=O) groups is 1. The fourth-order valence-corrected chi connectivity index (χ4v) is 1.68. The van der Waals surface area contributed by atoms with Crippen molar-refractivity contribution in [2.24, 2.45) is 0 Å². The number of H-pyrrole nitrogens is 1. The Kier molecular flexibility index (Phi) is 2.85. The van der Waals surface area contributed by atoms with E-state index in [1.54, 1.807) is 23.4 Å². The predicted molar refractivity (Wildman–Crippen MR) is 61.1 cm³/mol. The number of amides is 1. The Bertz CT molecular complexity index is 501. The maximum atomic E-state index is 12.1. The molecule has 0 spiro atoms. The first-order chi connectivity index (χ1) is 7.77. The lowest BCUT2D eigenvalue weighted by molar-refractivity contribution is 0.0769. The van der Waals surface area contributed by atoms with E-state index in [-0.39, 0.29) is 5.91 Å². The number of fused-ring (bicyclic) bond motifs is 1. The second kappa shape index (κ2) is 4.30. The summed E-state index contributed by atoms with van der Waals surface area (Å²) in [5.41, 5.74) is 1.29. The van der Waals surface area contributed by atoms with Gasteiger partial charge in [-0.15, -0.1) is 0 Å². The van der Waals surface area contributed by atoms with Crippen LogP contribution in [-0.4, -0.2) is 39.1 Å². The molecule has 1 amide bonds. The van der Waals surface area contributed by atoms with Crippen LogP contribution < -0.4 is 0 Å². The van der Waals surface area contributed by atoms with E-state index in [0.717, 1.165) is 10.9 Å². The summed E-state index contributed by atoms with van der Waals surface area (Å²) < 4.78 is 0. The van der Waals surface area contributed by atoms with Gasteiger partial charge >= 0.3 is 0 Å². The van der Waals surface area contributed by atoms with Gasteiger partial charge in [-0.3, -0.25) is 14.9 Å². The van der Waals surface area contributed by atoms with Crippen LogP contribution in [0, 0.1) is 0 Å². The van der Waals surface area contributed by atoms with E-state index >= 15 is 0 Å². The van der Waals surface area contributed by atoms with Crippen molar-refractivity contribution in [3.8, 4) is 0 Å². The number of aromatic nitrogens is 3. The van der Waals surface area contributed by atoms with Crippen molar-refractivity contribution >= 4 is 16.8 Å². The third-order valence-electron chi connectivity index (χ3n) is 2.62. The zero-order valence-corrected chi connectivity index (χ0v) is 9.40. The highest BCUT2D eigenvalue weighted by Gasteiger charge is 2.18. The van der Waals surface area contributed by atoms with Gasteiger partial charge < -0.3 is 4.90 Å². The molecule has 0 fully saturated rings. The monoisotopic (exact) mass is 218 g/mol. The summed E-state index contributed by atoms with van der Waals surface area (Å²) >= 11 is 0. The molecule has 2 aromatic heterocycles. The minimum Gasteiger partial charge on any atom is -0.338 e. The summed E-state index contributed by atoms with van der Waals surface area (Å²) in [6.45, 7) is 5.27. The lowest BCUT2D eigenvalue weighted by Gasteiger charge is -2.16. The van der Waals surface area contributed by atoms with Crippen molar-refractivity contribution in [2.45, 2.75) is 13.8 Å². The quantitative estimate of drug-likeness (QED) is 0.847. The molecule has 0 aromatic carbocycles. The first-order valence-electron chi connectivity index (χ1n) is 5.35. The van der Waals surface area contributed by atoms with Crippen LogP contribution in [0.5, 0.6) is 0 Å². The molecular formula is C11H14N4O. The average molecular weight is 218 g/mol. The molecule has 2 rings (SSSR count). The fourth-order valence-electron chi connectivity index (χ4n) is 1.68. The van der Waals surface area contributed by atoms with Gasteiger partial charge in [0, 0.05) is 25.5 Å². The molecule has 0 radical (unpaired) electrons. The van der Waals surface area contributed by atoms with Crippen LogP contribution in [0.1, 0.15) is 24.3 Å². The highest BCUT2D eigenvalue weighted by atomic mass is 16.2. The molecule has 0 saturated heterocycles. The van der Waals surface area contributed by atoms with Gasteiger partial charge in [-0.05, 0) is 19.9 Å². The second-order valence-electron chi connectivity index (χ2n) is 3.47. The van der Waals surface area contributed by atoms with Crippen LogP contribution >= 0.6 is 0 Å². The van der Waals surface area contributed by atoms with Gasteiger partial charge in [0.1, 0.15) is 0 Å². The number of rotatable bonds is 3. The molecule has 0 aliphatic rings. The van der Waals surface area contributed by atoms with Crippen molar-refractivity contribution in [2.75, 3.05) is 13.1 Å². The summed E-state index contributed by atoms with van der Waals surface area (Å²) in [4.78, 5) is 17.8. The Hall–Kier alpha value is -1.91. The molecule has 0 aliphatic carbocycles. The molecule has 5 nitrogen and oxygen atoms in total. The highest BCUT2D eigenvalue weighted by molar-refractivity contribution is 6.04. The molecule has 0 bridgehead atoms. The van der Waals surface area contributed by atoms with Crippen molar-refractivity contribution in [1.29, 1.82) is 0 Å². The Labute approximate surface area is 93.5 Å². The van der Waals surface area contributed by atoms with E-state index in [4.69, 9.17) is 0 Å². The molecule has 0 saturated carbocycles. The molecular weight excluding hydrogens is 204 g/mol. The van der Waals surface area contributed by atoms with E-state index in [2.05, 4.69) is 15.2 Å². The minimum atomic E-state index is -0.0516. The van der Waals surface area contributed by atoms with Crippen LogP contribution in [0.4, 0.5) is 0 Å². The maximum Gasteiger partial charge on any atom is 0.275 e. The molecule has 2 aromatic rings. The molecule has 0 unspecified atom stereocenters. The second-order valence-corrected chi connectivity index (χ2v) is 3.47. The van der Waals surface area contributed by atoms with Gasteiger partial charge in [0.25, 0.3) is 5.91 Å². The van der Waals surface area contributed by atoms with Crippen molar-refractivity contribution in [1.82, 2.24) is 20.1 Å². The van der Waals surface area contributed by atoms with Crippen molar-refractivity contribution in [3.05, 3.63) is 24.2 Å². The van der Waals surface area contributed by atoms with Gasteiger partial charge in [-0.1, -0.05) is 0 Å². The molecule has 5 heteroatoms. The normalized spacial score (nSPS) is 10.6. The van der Waals surface area contributed by atoms with Gasteiger partial charge in [-0.2, -0.15) is 5.10 Å². The van der Waals surface area contributed by atoms with E-state index < -0.39 is 0 Å². The molecule has 0 aliphatic heterocycles. The molecule has 2 heterocycles. The number of carbonyl (C=O) groups excluding carboxylic acids is 1. The number of pyridine rings is 1. The summed E-state index contributed by atoms with van der Waals surface area (Å²) in [7, 11) is 0. The smallest absolute Gasteiger partial charge is 0.275 e. The topological polar surface area (TPSA) is 61.9 Å². The summed E-state index contributed by atoms with van der Waals surface area (Å²) in [6, 6.07) is 1.81. The van der Waals surface area contributed by atoms with Crippen LogP contribution in [0.2, 0.25) is 0 Å². The van der Waals surface area contributed by atoms with Crippen LogP contribution in [0.15, 0.2) is 18.5 Å². The number of aromatic amines is 1. The average Bonchev–Trinajstić information content (AvgIpc) is 2.74. The molecule has 84 valence electrons. The third-order valence-corrected chi connectivity index (χ3v) is 2.62. The van der Waals surface area contributed by atoms with Crippen molar-refractivity contribution < 1.29 is 4.79 Å². The van der Waals surface area contributed by atoms with Gasteiger partial charge in [-0.25, -0.2) is 0 Å². The van der Waals surface area contributed by atoms with E-state index in [1.807, 2.05) is 13.8 Å². The maximum absolute atomic E-state index is 12.1. The summed E-state index contributed by atoms with van der Waals surface area (Å²) in [5.74, 6) is -0.0516. The fraction of sp³-hybridized carbons (Fsp3) is 0.364. The summed E-state index contributed by atoms with van der Waals surface area (Å²) in [6.07, 6.45) is 3.34. The van der Waals surface area contributed by atoms with Crippen LogP contribution in [-0.2, 0) is 0 Å². The standard InChI is InChI=1S/C11H14N4O/c1-3-15(4-2)11(16)10-8-7-12-6-5-9(8)13-14-10/h5-7H,3-4H2,1-2H3,(H,13,14). The largest absolute Gasteiger partial charge is 0.338 e. The minimum absolute atomic E-state index is 0.0516. The number of nitrogens with zero attached hydrogens (tertiary/aromatic N) is 3. The highest BCUT2D eigenvalue weighted by Crippen LogP contribution is 2.15. The Balaban J connectivity index is 2.43. The number of hydrogen-bond donors (Lipinski definition) is 1. The third kappa shape index (κ3) is 1.64. The van der Waals surface area contributed by atoms with Gasteiger partial charge in [0.15, 0.2) is 5.69 Å². The van der Waals surface area contributed by atoms with Gasteiger partial charge in [0.2, 0.25) is 0 Å². The molecule has 0 atom stereocenters. The van der Waals surface area contributed by atoms with E-state index in [1.165, 1.54) is 0 Å². The lowest BCUT2D eigenvalue weighted by Crippen LogP contribution is -2.30. The number of hydrogen-bond acceptors (Lipinski definition) is 3. The Morgan fingerprint density at radius 1 is 1.44 bits per heavy atom. The Morgan fingerprint density at radius 2 is 2.19 bits per heavy atom. The number of nitrogens with one attached hydrogen (secondary N) is 1. The van der Waals surface area contributed by atoms with Crippen LogP contribution in [0.3, 0.4) is 0 Å². The first-order valence-corrected chi connectivity index (χ1v) is 5.35. The predicted octanol–water partition coefficient (Wildman–Crippen LogP) is 1.44. The SMILES string of the molecule is CCN(CC)C(=O)c1n[nH]c2ccncc12. The van der Waals surface area contributed by atoms with E-state index in [0.29, 0.717) is 18.8 Å². The first kappa shape index (κ1) is 10.6. The summed E-state index contributed by atoms with van der Waals surface area (Å²) in [5, 5.41) is 7.67.